The fourth-order valence-electron chi connectivity index (χ4n) is 3.67. The van der Waals surface area contributed by atoms with E-state index < -0.39 is 0 Å². The lowest BCUT2D eigenvalue weighted by Crippen LogP contribution is -3.00. The smallest absolute Gasteiger partial charge is 0.262 e. The Morgan fingerprint density at radius 2 is 1.74 bits per heavy atom. The van der Waals surface area contributed by atoms with Crippen molar-refractivity contribution in [1.29, 1.82) is 0 Å². The number of allylic oxidation sites excluding steroid dienone is 4. The highest BCUT2D eigenvalue weighted by Crippen LogP contribution is 2.47. The number of hydrogen-bond donors (Lipinski definition) is 2. The number of aliphatic hydroxyl groups is 2. The minimum atomic E-state index is 0. The second kappa shape index (κ2) is 12.4. The molecule has 1 aromatic heterocycles. The molecule has 1 aliphatic heterocycles. The summed E-state index contributed by atoms with van der Waals surface area (Å²) in [6, 6.07) is 12.0. The van der Waals surface area contributed by atoms with Crippen LogP contribution in [0.2, 0.25) is 0 Å². The first kappa shape index (κ1) is 26.3. The molecule has 0 spiro atoms. The SMILES string of the molecule is COc1ccc2c(c1)S/C(=C/C=C/C=C/c1sc3cc(OC)ccc3[n+]1CCO)N2CCO.[Br-]. The van der Waals surface area contributed by atoms with Crippen LogP contribution in [0, 0.1) is 0 Å². The molecule has 3 aromatic rings. The van der Waals surface area contributed by atoms with Crippen molar-refractivity contribution in [3.05, 3.63) is 70.7 Å². The van der Waals surface area contributed by atoms with Gasteiger partial charge in [-0.2, -0.15) is 4.57 Å². The predicted molar refractivity (Wildman–Crippen MR) is 135 cm³/mol. The fourth-order valence-corrected chi connectivity index (χ4v) is 5.93. The first-order valence-corrected chi connectivity index (χ1v) is 12.2. The van der Waals surface area contributed by atoms with Gasteiger partial charge in [0.25, 0.3) is 5.01 Å². The van der Waals surface area contributed by atoms with Crippen molar-refractivity contribution >= 4 is 45.1 Å². The number of aliphatic hydroxyl groups excluding tert-OH is 2. The molecule has 0 atom stereocenters. The highest BCUT2D eigenvalue weighted by atomic mass is 79.9. The lowest BCUT2D eigenvalue weighted by atomic mass is 10.2. The third-order valence-electron chi connectivity index (χ3n) is 5.22. The largest absolute Gasteiger partial charge is 1.00 e. The molecule has 0 fully saturated rings. The molecule has 34 heavy (non-hydrogen) atoms. The van der Waals surface area contributed by atoms with Crippen LogP contribution < -0.4 is 35.9 Å². The summed E-state index contributed by atoms with van der Waals surface area (Å²) < 4.78 is 13.9. The van der Waals surface area contributed by atoms with Gasteiger partial charge in [-0.05, 0) is 30.3 Å². The van der Waals surface area contributed by atoms with E-state index in [-0.39, 0.29) is 30.2 Å². The second-order valence-electron chi connectivity index (χ2n) is 7.21. The van der Waals surface area contributed by atoms with Crippen molar-refractivity contribution in [2.75, 3.05) is 38.9 Å². The van der Waals surface area contributed by atoms with Crippen LogP contribution in [-0.2, 0) is 6.54 Å². The quantitative estimate of drug-likeness (QED) is 0.302. The van der Waals surface area contributed by atoms with Gasteiger partial charge < -0.3 is 41.6 Å². The molecule has 0 aliphatic carbocycles. The molecule has 4 rings (SSSR count). The summed E-state index contributed by atoms with van der Waals surface area (Å²) in [5, 5.41) is 21.1. The van der Waals surface area contributed by atoms with Gasteiger partial charge in [-0.1, -0.05) is 41.3 Å². The Morgan fingerprint density at radius 1 is 0.971 bits per heavy atom. The van der Waals surface area contributed by atoms with Crippen LogP contribution in [0.4, 0.5) is 5.69 Å². The van der Waals surface area contributed by atoms with Crippen LogP contribution in [0.5, 0.6) is 11.5 Å². The van der Waals surface area contributed by atoms with Crippen molar-refractivity contribution in [3.8, 4) is 11.5 Å². The standard InChI is InChI=1S/C25H27N2O4S2.BrH/c1-30-18-8-10-20-22(16-18)32-24(26(20)12-14-28)6-4-3-5-7-25-27(13-15-29)21-11-9-19(31-2)17-23(21)33-25;/h3-11,16-17,28-29H,12-15H2,1-2H3;1H/q+1;/p-1. The monoisotopic (exact) mass is 562 g/mol. The second-order valence-corrected chi connectivity index (χ2v) is 9.33. The van der Waals surface area contributed by atoms with Crippen molar-refractivity contribution in [2.24, 2.45) is 0 Å². The number of ether oxygens (including phenoxy) is 2. The average Bonchev–Trinajstić information content (AvgIpc) is 3.36. The summed E-state index contributed by atoms with van der Waals surface area (Å²) in [4.78, 5) is 3.23. The number of methoxy groups -OCH3 is 2. The zero-order chi connectivity index (χ0) is 23.2. The topological polar surface area (TPSA) is 66.0 Å². The summed E-state index contributed by atoms with van der Waals surface area (Å²) >= 11 is 3.33. The number of aromatic nitrogens is 1. The van der Waals surface area contributed by atoms with Crippen LogP contribution in [-0.4, -0.2) is 44.2 Å². The maximum absolute atomic E-state index is 9.51. The molecule has 0 saturated carbocycles. The van der Waals surface area contributed by atoms with Gasteiger partial charge in [0.1, 0.15) is 22.8 Å². The zero-order valence-corrected chi connectivity index (χ0v) is 22.2. The number of fused-ring (bicyclic) bond motifs is 2. The van der Waals surface area contributed by atoms with Crippen molar-refractivity contribution in [2.45, 2.75) is 11.4 Å². The molecule has 0 unspecified atom stereocenters. The summed E-state index contributed by atoms with van der Waals surface area (Å²) in [5.74, 6) is 1.64. The third kappa shape index (κ3) is 5.67. The number of rotatable bonds is 9. The normalized spacial score (nSPS) is 14.4. The van der Waals surface area contributed by atoms with E-state index in [1.165, 1.54) is 0 Å². The number of thiazole rings is 1. The van der Waals surface area contributed by atoms with Crippen LogP contribution in [0.3, 0.4) is 0 Å². The van der Waals surface area contributed by atoms with E-state index in [1.54, 1.807) is 37.3 Å². The van der Waals surface area contributed by atoms with E-state index in [0.29, 0.717) is 13.1 Å². The molecule has 6 nitrogen and oxygen atoms in total. The third-order valence-corrected chi connectivity index (χ3v) is 7.45. The first-order chi connectivity index (χ1) is 16.2. The molecular formula is C25H27BrN2O4S2. The summed E-state index contributed by atoms with van der Waals surface area (Å²) in [7, 11) is 3.33. The van der Waals surface area contributed by atoms with E-state index in [2.05, 4.69) is 21.6 Å². The number of thioether (sulfide) groups is 1. The summed E-state index contributed by atoms with van der Waals surface area (Å²) in [6.45, 7) is 1.23. The van der Waals surface area contributed by atoms with E-state index >= 15 is 0 Å². The molecule has 2 heterocycles. The fraction of sp³-hybridized carbons (Fsp3) is 0.240. The maximum Gasteiger partial charge on any atom is 0.262 e. The number of halogens is 1. The number of β-amino-alcohol motifs (C(OH)–C–C–N with tert-alkyl or cyclic N) is 1. The first-order valence-electron chi connectivity index (χ1n) is 10.6. The summed E-state index contributed by atoms with van der Waals surface area (Å²) in [6.07, 6.45) is 10.1. The van der Waals surface area contributed by atoms with E-state index in [4.69, 9.17) is 9.47 Å². The van der Waals surface area contributed by atoms with Crippen LogP contribution in [0.1, 0.15) is 5.01 Å². The molecule has 2 N–H and O–H groups in total. The maximum atomic E-state index is 9.51. The van der Waals surface area contributed by atoms with Gasteiger partial charge in [0.2, 0.25) is 5.52 Å². The minimum absolute atomic E-state index is 0. The van der Waals surface area contributed by atoms with E-state index in [9.17, 15) is 10.2 Å². The molecular weight excluding hydrogens is 536 g/mol. The van der Waals surface area contributed by atoms with Gasteiger partial charge in [0.15, 0.2) is 6.54 Å². The average molecular weight is 564 g/mol. The van der Waals surface area contributed by atoms with Gasteiger partial charge in [0.05, 0.1) is 31.5 Å². The van der Waals surface area contributed by atoms with Crippen LogP contribution >= 0.6 is 23.1 Å². The molecule has 1 aliphatic rings. The van der Waals surface area contributed by atoms with Gasteiger partial charge >= 0.3 is 0 Å². The Hall–Kier alpha value is -2.30. The molecule has 2 aromatic carbocycles. The Labute approximate surface area is 218 Å². The Bertz CT molecular complexity index is 1220. The Kier molecular flexibility index (Phi) is 9.61. The molecule has 9 heteroatoms. The van der Waals surface area contributed by atoms with Crippen LogP contribution in [0.15, 0.2) is 70.6 Å². The van der Waals surface area contributed by atoms with E-state index in [1.807, 2.05) is 54.6 Å². The number of nitrogens with zero attached hydrogens (tertiary/aromatic N) is 2. The molecule has 0 radical (unpaired) electrons. The van der Waals surface area contributed by atoms with Gasteiger partial charge in [-0.25, -0.2) is 0 Å². The molecule has 0 amide bonds. The van der Waals surface area contributed by atoms with Crippen LogP contribution in [0.25, 0.3) is 16.3 Å². The highest BCUT2D eigenvalue weighted by Gasteiger charge is 2.24. The number of benzene rings is 2. The van der Waals surface area contributed by atoms with E-state index in [0.717, 1.165) is 42.3 Å². The van der Waals surface area contributed by atoms with Crippen molar-refractivity contribution in [1.82, 2.24) is 0 Å². The van der Waals surface area contributed by atoms with Gasteiger partial charge in [-0.15, -0.1) is 0 Å². The summed E-state index contributed by atoms with van der Waals surface area (Å²) in [5.41, 5.74) is 2.16. The lowest BCUT2D eigenvalue weighted by molar-refractivity contribution is -0.670. The Morgan fingerprint density at radius 3 is 2.47 bits per heavy atom. The molecule has 0 bridgehead atoms. The lowest BCUT2D eigenvalue weighted by Gasteiger charge is -2.18. The predicted octanol–water partition coefficient (Wildman–Crippen LogP) is 1.22. The molecule has 0 saturated heterocycles. The van der Waals surface area contributed by atoms with Crippen molar-refractivity contribution in [3.63, 3.8) is 0 Å². The number of anilines is 1. The van der Waals surface area contributed by atoms with Gasteiger partial charge in [0, 0.05) is 29.6 Å². The molecule has 180 valence electrons. The van der Waals surface area contributed by atoms with Crippen molar-refractivity contribution < 1.29 is 41.2 Å². The highest BCUT2D eigenvalue weighted by molar-refractivity contribution is 8.03. The number of hydrogen-bond acceptors (Lipinski definition) is 7. The zero-order valence-electron chi connectivity index (χ0n) is 19.0. The Balaban J connectivity index is 0.00000324. The van der Waals surface area contributed by atoms with Gasteiger partial charge in [-0.3, -0.25) is 0 Å². The minimum Gasteiger partial charge on any atom is -1.00 e.